The number of nitrogens with zero attached hydrogens (tertiary/aromatic N) is 3. The maximum atomic E-state index is 6.88. The molecule has 0 N–H and O–H groups in total. The molecule has 4 aromatic carbocycles. The zero-order valence-corrected chi connectivity index (χ0v) is 32.9. The minimum absolute atomic E-state index is 0.163. The summed E-state index contributed by atoms with van der Waals surface area (Å²) < 4.78 is 6.88. The first-order valence-corrected chi connectivity index (χ1v) is 20.1. The van der Waals surface area contributed by atoms with E-state index < -0.39 is 0 Å². The van der Waals surface area contributed by atoms with Gasteiger partial charge in [-0.1, -0.05) is 196 Å². The van der Waals surface area contributed by atoms with Crippen molar-refractivity contribution >= 4 is 33.1 Å². The van der Waals surface area contributed by atoms with Crippen LogP contribution in [0.2, 0.25) is 0 Å². The second-order valence-electron chi connectivity index (χ2n) is 15.4. The summed E-state index contributed by atoms with van der Waals surface area (Å²) in [4.78, 5) is 15.6. The van der Waals surface area contributed by atoms with Crippen LogP contribution in [-0.4, -0.2) is 15.0 Å². The summed E-state index contributed by atoms with van der Waals surface area (Å²) in [7, 11) is 0. The molecule has 6 aromatic rings. The SMILES string of the molecule is C=C/C=C\C=C/Cc1ccc(-c2nc(C3=CC4C=CC=CC4C=C3)nc(-c3cccc4oc5c(C6=CC(C)(/C=C\C=C/C)Cc7ccccc76)cccc5c34)n2)cc1. The fraction of sp³-hybridized carbons (Fsp3) is 0.130. The van der Waals surface area contributed by atoms with Crippen LogP contribution in [0.25, 0.3) is 55.9 Å². The molecule has 4 nitrogen and oxygen atoms in total. The molecule has 3 atom stereocenters. The summed E-state index contributed by atoms with van der Waals surface area (Å²) >= 11 is 0. The topological polar surface area (TPSA) is 51.8 Å². The van der Waals surface area contributed by atoms with Gasteiger partial charge in [0.15, 0.2) is 17.5 Å². The van der Waals surface area contributed by atoms with E-state index in [1.807, 2.05) is 31.2 Å². The smallest absolute Gasteiger partial charge is 0.164 e. The van der Waals surface area contributed by atoms with Gasteiger partial charge in [-0.05, 0) is 48.1 Å². The van der Waals surface area contributed by atoms with Crippen LogP contribution >= 0.6 is 0 Å². The molecule has 0 saturated heterocycles. The standard InChI is InChI=1S/C54H45N3O/c1-4-6-8-9-10-18-37-27-29-39(30-28-37)51-55-52(41-32-31-38-19-11-12-20-40(38)34-41)57-53(56-51)46-25-17-26-48-49(46)45-24-16-23-44(50(45)58-48)47-36-54(3,33-15-7-5-2)35-42-21-13-14-22-43(42)47/h4-17,19-34,36,38,40H,1,18,35H2,2-3H3/b7-5-,8-6-,10-9-,33-15-. The summed E-state index contributed by atoms with van der Waals surface area (Å²) in [6.07, 6.45) is 38.1. The highest BCUT2D eigenvalue weighted by Gasteiger charge is 2.30. The van der Waals surface area contributed by atoms with E-state index in [-0.39, 0.29) is 11.3 Å². The quantitative estimate of drug-likeness (QED) is 0.131. The highest BCUT2D eigenvalue weighted by Crippen LogP contribution is 2.45. The normalized spacial score (nSPS) is 20.1. The molecule has 282 valence electrons. The van der Waals surface area contributed by atoms with Crippen LogP contribution < -0.4 is 0 Å². The summed E-state index contributed by atoms with van der Waals surface area (Å²) in [6.45, 7) is 8.10. The molecule has 0 radical (unpaired) electrons. The van der Waals surface area contributed by atoms with Crippen molar-refractivity contribution in [2.24, 2.45) is 17.3 Å². The van der Waals surface area contributed by atoms with Gasteiger partial charge in [0.2, 0.25) is 0 Å². The molecule has 4 heteroatoms. The Hall–Kier alpha value is -6.91. The zero-order valence-electron chi connectivity index (χ0n) is 32.9. The third-order valence-corrected chi connectivity index (χ3v) is 11.2. The lowest BCUT2D eigenvalue weighted by molar-refractivity contribution is 0.542. The van der Waals surface area contributed by atoms with E-state index in [1.165, 1.54) is 22.3 Å². The molecule has 2 heterocycles. The number of aromatic nitrogens is 3. The third-order valence-electron chi connectivity index (χ3n) is 11.2. The molecule has 3 aliphatic carbocycles. The van der Waals surface area contributed by atoms with Gasteiger partial charge in [-0.2, -0.15) is 0 Å². The van der Waals surface area contributed by atoms with E-state index in [2.05, 4.69) is 171 Å². The Morgan fingerprint density at radius 1 is 0.741 bits per heavy atom. The Balaban J connectivity index is 1.18. The Morgan fingerprint density at radius 2 is 1.52 bits per heavy atom. The van der Waals surface area contributed by atoms with Crippen LogP contribution in [-0.2, 0) is 12.8 Å². The fourth-order valence-corrected chi connectivity index (χ4v) is 8.37. The molecular formula is C54H45N3O. The maximum absolute atomic E-state index is 6.88. The van der Waals surface area contributed by atoms with Crippen LogP contribution in [0.4, 0.5) is 0 Å². The maximum Gasteiger partial charge on any atom is 0.164 e. The van der Waals surface area contributed by atoms with Crippen molar-refractivity contribution in [3.8, 4) is 22.8 Å². The average Bonchev–Trinajstić information content (AvgIpc) is 3.65. The van der Waals surface area contributed by atoms with Crippen molar-refractivity contribution in [3.05, 3.63) is 223 Å². The van der Waals surface area contributed by atoms with Gasteiger partial charge in [0.25, 0.3) is 0 Å². The molecule has 0 bridgehead atoms. The Morgan fingerprint density at radius 3 is 2.38 bits per heavy atom. The largest absolute Gasteiger partial charge is 0.455 e. The first kappa shape index (κ1) is 36.7. The number of rotatable bonds is 10. The molecule has 0 fully saturated rings. The van der Waals surface area contributed by atoms with Crippen molar-refractivity contribution in [1.82, 2.24) is 15.0 Å². The van der Waals surface area contributed by atoms with Gasteiger partial charge in [0, 0.05) is 50.3 Å². The van der Waals surface area contributed by atoms with E-state index in [4.69, 9.17) is 19.4 Å². The van der Waals surface area contributed by atoms with Crippen LogP contribution in [0, 0.1) is 17.3 Å². The molecule has 58 heavy (non-hydrogen) atoms. The van der Waals surface area contributed by atoms with E-state index >= 15 is 0 Å². The molecule has 0 amide bonds. The second-order valence-corrected chi connectivity index (χ2v) is 15.4. The molecule has 3 unspecified atom stereocenters. The summed E-state index contributed by atoms with van der Waals surface area (Å²) in [5, 5.41) is 2.02. The molecule has 3 aliphatic rings. The number of hydrogen-bond donors (Lipinski definition) is 0. The molecule has 0 saturated carbocycles. The van der Waals surface area contributed by atoms with E-state index in [1.54, 1.807) is 6.08 Å². The predicted octanol–water partition coefficient (Wildman–Crippen LogP) is 13.4. The van der Waals surface area contributed by atoms with Gasteiger partial charge >= 0.3 is 0 Å². The minimum atomic E-state index is -0.163. The van der Waals surface area contributed by atoms with Gasteiger partial charge < -0.3 is 4.42 Å². The van der Waals surface area contributed by atoms with Gasteiger partial charge in [-0.25, -0.2) is 15.0 Å². The van der Waals surface area contributed by atoms with Crippen LogP contribution in [0.5, 0.6) is 0 Å². The summed E-state index contributed by atoms with van der Waals surface area (Å²) in [5.74, 6) is 2.47. The lowest BCUT2D eigenvalue weighted by Crippen LogP contribution is -2.20. The van der Waals surface area contributed by atoms with Gasteiger partial charge in [-0.3, -0.25) is 0 Å². The number of hydrogen-bond acceptors (Lipinski definition) is 4. The molecular weight excluding hydrogens is 707 g/mol. The second kappa shape index (κ2) is 15.9. The van der Waals surface area contributed by atoms with Crippen LogP contribution in [0.15, 0.2) is 199 Å². The fourth-order valence-electron chi connectivity index (χ4n) is 8.37. The highest BCUT2D eigenvalue weighted by atomic mass is 16.3. The van der Waals surface area contributed by atoms with E-state index in [0.717, 1.165) is 57.0 Å². The molecule has 9 rings (SSSR count). The van der Waals surface area contributed by atoms with Crippen molar-refractivity contribution in [3.63, 3.8) is 0 Å². The Labute approximate surface area is 340 Å². The Kier molecular flexibility index (Phi) is 10.1. The monoisotopic (exact) mass is 751 g/mol. The van der Waals surface area contributed by atoms with Gasteiger partial charge in [0.05, 0.1) is 0 Å². The van der Waals surface area contributed by atoms with Crippen molar-refractivity contribution < 1.29 is 4.42 Å². The van der Waals surface area contributed by atoms with Crippen LogP contribution in [0.1, 0.15) is 41.9 Å². The van der Waals surface area contributed by atoms with Crippen molar-refractivity contribution in [1.29, 1.82) is 0 Å². The third kappa shape index (κ3) is 7.26. The highest BCUT2D eigenvalue weighted by molar-refractivity contribution is 6.14. The van der Waals surface area contributed by atoms with Crippen molar-refractivity contribution in [2.75, 3.05) is 0 Å². The number of allylic oxidation sites excluding steroid dienone is 18. The van der Waals surface area contributed by atoms with Gasteiger partial charge in [-0.15, -0.1) is 0 Å². The first-order valence-electron chi connectivity index (χ1n) is 20.1. The van der Waals surface area contributed by atoms with Crippen molar-refractivity contribution in [2.45, 2.75) is 26.7 Å². The predicted molar refractivity (Wildman–Crippen MR) is 242 cm³/mol. The molecule has 0 aliphatic heterocycles. The zero-order chi connectivity index (χ0) is 39.5. The Bertz CT molecular complexity index is 2830. The number of para-hydroxylation sites is 1. The average molecular weight is 752 g/mol. The van der Waals surface area contributed by atoms with E-state index in [0.29, 0.717) is 23.4 Å². The lowest BCUT2D eigenvalue weighted by atomic mass is 9.73. The summed E-state index contributed by atoms with van der Waals surface area (Å²) in [5.41, 5.74) is 10.3. The number of fused-ring (bicyclic) bond motifs is 5. The number of furan rings is 1. The van der Waals surface area contributed by atoms with Gasteiger partial charge in [0.1, 0.15) is 11.2 Å². The number of benzene rings is 4. The molecule has 0 spiro atoms. The van der Waals surface area contributed by atoms with Crippen LogP contribution in [0.3, 0.4) is 0 Å². The van der Waals surface area contributed by atoms with E-state index in [9.17, 15) is 0 Å². The summed E-state index contributed by atoms with van der Waals surface area (Å²) in [6, 6.07) is 30.0. The first-order chi connectivity index (χ1) is 28.5. The lowest BCUT2D eigenvalue weighted by Gasteiger charge is -2.31. The minimum Gasteiger partial charge on any atom is -0.455 e. The molecule has 2 aromatic heterocycles.